The van der Waals surface area contributed by atoms with E-state index >= 15 is 0 Å². The fourth-order valence-corrected chi connectivity index (χ4v) is 4.64. The van der Waals surface area contributed by atoms with Gasteiger partial charge in [0.1, 0.15) is 0 Å². The fraction of sp³-hybridized carbons (Fsp3) is 0.556. The van der Waals surface area contributed by atoms with Crippen molar-refractivity contribution >= 4 is 29.3 Å². The summed E-state index contributed by atoms with van der Waals surface area (Å²) in [7, 11) is 0. The molecule has 0 spiro atoms. The number of hydrogen-bond acceptors (Lipinski definition) is 3. The van der Waals surface area contributed by atoms with Crippen LogP contribution in [-0.4, -0.2) is 34.6 Å². The van der Waals surface area contributed by atoms with Crippen molar-refractivity contribution in [2.75, 3.05) is 11.9 Å². The molecular formula is C18H24N2O2S. The number of carbonyl (C=O) groups excluding carboxylic acids is 2. The minimum absolute atomic E-state index is 0.0539. The number of benzene rings is 1. The number of thioether (sulfide) groups is 1. The van der Waals surface area contributed by atoms with E-state index in [1.807, 2.05) is 36.1 Å². The van der Waals surface area contributed by atoms with E-state index in [9.17, 15) is 9.59 Å². The van der Waals surface area contributed by atoms with Gasteiger partial charge >= 0.3 is 0 Å². The molecule has 1 N–H and O–H groups in total. The van der Waals surface area contributed by atoms with E-state index in [4.69, 9.17) is 0 Å². The summed E-state index contributed by atoms with van der Waals surface area (Å²) in [5, 5.41) is 2.60. The van der Waals surface area contributed by atoms with Gasteiger partial charge in [-0.15, -0.1) is 11.8 Å². The second-order valence-corrected chi connectivity index (χ2v) is 7.51. The number of nitrogens with zero attached hydrogens (tertiary/aromatic N) is 1. The number of fused-ring (bicyclic) bond motifs is 1. The molecule has 2 aliphatic rings. The van der Waals surface area contributed by atoms with Crippen molar-refractivity contribution < 1.29 is 9.59 Å². The van der Waals surface area contributed by atoms with Crippen LogP contribution in [0.2, 0.25) is 0 Å². The van der Waals surface area contributed by atoms with E-state index in [-0.39, 0.29) is 23.5 Å². The molecule has 0 saturated heterocycles. The predicted octanol–water partition coefficient (Wildman–Crippen LogP) is 3.67. The summed E-state index contributed by atoms with van der Waals surface area (Å²) in [6.45, 7) is 2.77. The second kappa shape index (κ2) is 7.39. The van der Waals surface area contributed by atoms with Crippen LogP contribution in [0.25, 0.3) is 0 Å². The summed E-state index contributed by atoms with van der Waals surface area (Å²) >= 11 is 1.51. The summed E-state index contributed by atoms with van der Waals surface area (Å²) < 4.78 is 0. The largest absolute Gasteiger partial charge is 0.340 e. The van der Waals surface area contributed by atoms with Gasteiger partial charge in [0, 0.05) is 23.9 Å². The topological polar surface area (TPSA) is 49.4 Å². The molecule has 0 bridgehead atoms. The molecule has 124 valence electrons. The average molecular weight is 332 g/mol. The van der Waals surface area contributed by atoms with E-state index < -0.39 is 0 Å². The highest BCUT2D eigenvalue weighted by Gasteiger charge is 2.32. The van der Waals surface area contributed by atoms with E-state index in [2.05, 4.69) is 5.32 Å². The molecule has 1 fully saturated rings. The van der Waals surface area contributed by atoms with Crippen molar-refractivity contribution in [2.45, 2.75) is 61.6 Å². The lowest BCUT2D eigenvalue weighted by Crippen LogP contribution is -2.43. The van der Waals surface area contributed by atoms with Crippen molar-refractivity contribution in [3.63, 3.8) is 0 Å². The highest BCUT2D eigenvalue weighted by Crippen LogP contribution is 2.37. The molecule has 0 aromatic heterocycles. The van der Waals surface area contributed by atoms with Crippen LogP contribution >= 0.6 is 11.8 Å². The molecule has 1 aliphatic heterocycles. The molecule has 0 radical (unpaired) electrons. The van der Waals surface area contributed by atoms with Gasteiger partial charge in [0.15, 0.2) is 0 Å². The van der Waals surface area contributed by atoms with Crippen LogP contribution in [0.1, 0.15) is 45.4 Å². The van der Waals surface area contributed by atoms with Crippen molar-refractivity contribution in [2.24, 2.45) is 0 Å². The Hall–Kier alpha value is -1.49. The normalized spacial score (nSPS) is 21.4. The Morgan fingerprint density at radius 3 is 2.74 bits per heavy atom. The first-order valence-corrected chi connectivity index (χ1v) is 9.43. The number of amides is 2. The highest BCUT2D eigenvalue weighted by molar-refractivity contribution is 8.01. The Balaban J connectivity index is 1.66. The maximum Gasteiger partial charge on any atom is 0.238 e. The second-order valence-electron chi connectivity index (χ2n) is 6.27. The zero-order valence-electron chi connectivity index (χ0n) is 13.6. The summed E-state index contributed by atoms with van der Waals surface area (Å²) in [4.78, 5) is 28.0. The molecular weight excluding hydrogens is 308 g/mol. The molecule has 1 aromatic rings. The van der Waals surface area contributed by atoms with E-state index in [1.165, 1.54) is 31.0 Å². The maximum atomic E-state index is 12.7. The van der Waals surface area contributed by atoms with E-state index in [1.54, 1.807) is 0 Å². The molecule has 23 heavy (non-hydrogen) atoms. The first-order valence-electron chi connectivity index (χ1n) is 8.55. The number of nitrogens with one attached hydrogen (secondary N) is 1. The lowest BCUT2D eigenvalue weighted by atomic mass is 9.94. The lowest BCUT2D eigenvalue weighted by Gasteiger charge is -2.34. The zero-order chi connectivity index (χ0) is 16.2. The molecule has 3 rings (SSSR count). The van der Waals surface area contributed by atoms with Gasteiger partial charge in [-0.25, -0.2) is 0 Å². The minimum atomic E-state index is -0.324. The number of anilines is 1. The average Bonchev–Trinajstić information content (AvgIpc) is 2.57. The summed E-state index contributed by atoms with van der Waals surface area (Å²) in [5.74, 6) is 0.0631. The molecule has 1 saturated carbocycles. The molecule has 4 nitrogen and oxygen atoms in total. The first kappa shape index (κ1) is 16.4. The first-order chi connectivity index (χ1) is 11.2. The number of hydrogen-bond donors (Lipinski definition) is 1. The Bertz CT molecular complexity index is 584. The maximum absolute atomic E-state index is 12.7. The molecule has 2 amide bonds. The monoisotopic (exact) mass is 332 g/mol. The van der Waals surface area contributed by atoms with Gasteiger partial charge in [0.25, 0.3) is 0 Å². The standard InChI is InChI=1S/C18H24N2O2S/c1-2-20(13-8-4-3-5-9-13)17(21)12-16-18(22)19-14-10-6-7-11-15(14)23-16/h6-7,10-11,13,16H,2-5,8-9,12H2,1H3,(H,19,22). The third-order valence-electron chi connectivity index (χ3n) is 4.74. The molecule has 1 unspecified atom stereocenters. The molecule has 1 aliphatic carbocycles. The van der Waals surface area contributed by atoms with Crippen LogP contribution in [0.5, 0.6) is 0 Å². The third-order valence-corrected chi connectivity index (χ3v) is 6.02. The lowest BCUT2D eigenvalue weighted by molar-refractivity contribution is -0.135. The van der Waals surface area contributed by atoms with Gasteiger partial charge in [-0.2, -0.15) is 0 Å². The zero-order valence-corrected chi connectivity index (χ0v) is 14.4. The Kier molecular flexibility index (Phi) is 5.26. The predicted molar refractivity (Wildman–Crippen MR) is 93.6 cm³/mol. The SMILES string of the molecule is CCN(C(=O)CC1Sc2ccccc2NC1=O)C1CCCCC1. The quantitative estimate of drug-likeness (QED) is 0.915. The van der Waals surface area contributed by atoms with Crippen molar-refractivity contribution in [3.05, 3.63) is 24.3 Å². The van der Waals surface area contributed by atoms with Crippen LogP contribution in [0, 0.1) is 0 Å². The van der Waals surface area contributed by atoms with Gasteiger partial charge in [0.05, 0.1) is 10.9 Å². The van der Waals surface area contributed by atoms with Crippen LogP contribution in [-0.2, 0) is 9.59 Å². The molecule has 1 atom stereocenters. The summed E-state index contributed by atoms with van der Waals surface area (Å²) in [5.41, 5.74) is 0.853. The Morgan fingerprint density at radius 2 is 2.00 bits per heavy atom. The summed E-state index contributed by atoms with van der Waals surface area (Å²) in [6, 6.07) is 8.13. The van der Waals surface area contributed by atoms with E-state index in [0.717, 1.165) is 30.0 Å². The van der Waals surface area contributed by atoms with Crippen LogP contribution in [0.15, 0.2) is 29.2 Å². The van der Waals surface area contributed by atoms with Gasteiger partial charge < -0.3 is 10.2 Å². The number of carbonyl (C=O) groups is 2. The molecule has 1 aromatic carbocycles. The molecule has 1 heterocycles. The fourth-order valence-electron chi connectivity index (χ4n) is 3.53. The Labute approximate surface area is 142 Å². The van der Waals surface area contributed by atoms with Crippen molar-refractivity contribution in [3.8, 4) is 0 Å². The minimum Gasteiger partial charge on any atom is -0.340 e. The number of para-hydroxylation sites is 1. The summed E-state index contributed by atoms with van der Waals surface area (Å²) in [6.07, 6.45) is 6.19. The van der Waals surface area contributed by atoms with Crippen LogP contribution < -0.4 is 5.32 Å². The van der Waals surface area contributed by atoms with Crippen molar-refractivity contribution in [1.29, 1.82) is 0 Å². The van der Waals surface area contributed by atoms with Crippen LogP contribution in [0.4, 0.5) is 5.69 Å². The van der Waals surface area contributed by atoms with Crippen molar-refractivity contribution in [1.82, 2.24) is 4.90 Å². The van der Waals surface area contributed by atoms with Gasteiger partial charge in [-0.05, 0) is 31.9 Å². The van der Waals surface area contributed by atoms with Gasteiger partial charge in [-0.3, -0.25) is 9.59 Å². The van der Waals surface area contributed by atoms with Crippen LogP contribution in [0.3, 0.4) is 0 Å². The van der Waals surface area contributed by atoms with Gasteiger partial charge in [0.2, 0.25) is 11.8 Å². The third kappa shape index (κ3) is 3.71. The van der Waals surface area contributed by atoms with E-state index in [0.29, 0.717) is 6.04 Å². The van der Waals surface area contributed by atoms with Gasteiger partial charge in [-0.1, -0.05) is 31.4 Å². The number of rotatable bonds is 4. The smallest absolute Gasteiger partial charge is 0.238 e. The Morgan fingerprint density at radius 1 is 1.26 bits per heavy atom. The molecule has 5 heteroatoms. The highest BCUT2D eigenvalue weighted by atomic mass is 32.2.